The molecule has 0 aliphatic heterocycles. The highest BCUT2D eigenvalue weighted by atomic mass is 16.3. The van der Waals surface area contributed by atoms with Crippen LogP contribution in [0.1, 0.15) is 25.7 Å². The molecule has 0 bridgehead atoms. The van der Waals surface area contributed by atoms with Gasteiger partial charge in [0.2, 0.25) is 0 Å². The summed E-state index contributed by atoms with van der Waals surface area (Å²) >= 11 is 0. The number of aliphatic hydroxyl groups excluding tert-OH is 2. The molecule has 1 unspecified atom stereocenters. The minimum atomic E-state index is 0.236. The van der Waals surface area contributed by atoms with Gasteiger partial charge in [0, 0.05) is 31.5 Å². The molecule has 0 amide bonds. The molecule has 1 aromatic rings. The maximum atomic E-state index is 8.93. The highest BCUT2D eigenvalue weighted by molar-refractivity contribution is 5.42. The summed E-state index contributed by atoms with van der Waals surface area (Å²) in [6, 6.07) is 10.5. The second-order valence-corrected chi connectivity index (χ2v) is 4.69. The highest BCUT2D eigenvalue weighted by Crippen LogP contribution is 2.06. The van der Waals surface area contributed by atoms with Crippen molar-refractivity contribution >= 4 is 5.69 Å². The summed E-state index contributed by atoms with van der Waals surface area (Å²) in [5.74, 6) is 0. The van der Waals surface area contributed by atoms with Gasteiger partial charge in [0.05, 0.1) is 0 Å². The minimum Gasteiger partial charge on any atom is -0.396 e. The summed E-state index contributed by atoms with van der Waals surface area (Å²) in [6.07, 6.45) is 3.59. The van der Waals surface area contributed by atoms with Gasteiger partial charge in [-0.1, -0.05) is 18.2 Å². The first-order valence-electron chi connectivity index (χ1n) is 7.11. The topological polar surface area (TPSA) is 64.5 Å². The molecule has 0 saturated carbocycles. The van der Waals surface area contributed by atoms with Crippen molar-refractivity contribution in [1.82, 2.24) is 5.32 Å². The third kappa shape index (κ3) is 7.82. The number of unbranched alkanes of at least 4 members (excludes halogenated alkanes) is 1. The van der Waals surface area contributed by atoms with Crippen molar-refractivity contribution in [1.29, 1.82) is 0 Å². The van der Waals surface area contributed by atoms with Gasteiger partial charge in [-0.05, 0) is 44.4 Å². The Morgan fingerprint density at radius 3 is 2.37 bits per heavy atom. The first kappa shape index (κ1) is 16.0. The fraction of sp³-hybridized carbons (Fsp3) is 0.600. The number of anilines is 1. The van der Waals surface area contributed by atoms with Crippen LogP contribution in [-0.2, 0) is 0 Å². The Kier molecular flexibility index (Phi) is 9.06. The summed E-state index contributed by atoms with van der Waals surface area (Å²) in [5, 5.41) is 24.6. The summed E-state index contributed by atoms with van der Waals surface area (Å²) in [5.41, 5.74) is 1.12. The summed E-state index contributed by atoms with van der Waals surface area (Å²) < 4.78 is 0. The fourth-order valence-corrected chi connectivity index (χ4v) is 1.95. The van der Waals surface area contributed by atoms with Crippen molar-refractivity contribution in [2.75, 3.05) is 31.6 Å². The Bertz CT molecular complexity index is 306. The molecule has 19 heavy (non-hydrogen) atoms. The van der Waals surface area contributed by atoms with E-state index in [-0.39, 0.29) is 13.2 Å². The van der Waals surface area contributed by atoms with Crippen LogP contribution in [0.5, 0.6) is 0 Å². The third-order valence-electron chi connectivity index (χ3n) is 3.05. The lowest BCUT2D eigenvalue weighted by Gasteiger charge is -2.19. The van der Waals surface area contributed by atoms with E-state index < -0.39 is 0 Å². The molecule has 4 heteroatoms. The Hall–Kier alpha value is -1.10. The predicted molar refractivity (Wildman–Crippen MR) is 79.4 cm³/mol. The SMILES string of the molecule is OCCCCNC(CCCO)CNc1ccccc1. The van der Waals surface area contributed by atoms with Gasteiger partial charge >= 0.3 is 0 Å². The van der Waals surface area contributed by atoms with E-state index in [0.29, 0.717) is 6.04 Å². The second-order valence-electron chi connectivity index (χ2n) is 4.69. The standard InChI is InChI=1S/C15H26N2O2/c18-11-5-4-10-16-15(9-6-12-19)13-17-14-7-2-1-3-8-14/h1-3,7-8,15-19H,4-6,9-13H2. The van der Waals surface area contributed by atoms with Crippen LogP contribution in [0.3, 0.4) is 0 Å². The number of hydrogen-bond donors (Lipinski definition) is 4. The van der Waals surface area contributed by atoms with Gasteiger partial charge in [-0.3, -0.25) is 0 Å². The first-order chi connectivity index (χ1) is 9.36. The van der Waals surface area contributed by atoms with Gasteiger partial charge in [-0.15, -0.1) is 0 Å². The van der Waals surface area contributed by atoms with Crippen LogP contribution in [-0.4, -0.2) is 42.6 Å². The first-order valence-corrected chi connectivity index (χ1v) is 7.11. The lowest BCUT2D eigenvalue weighted by molar-refractivity contribution is 0.272. The van der Waals surface area contributed by atoms with Gasteiger partial charge < -0.3 is 20.8 Å². The van der Waals surface area contributed by atoms with Gasteiger partial charge in [-0.25, -0.2) is 0 Å². The Labute approximate surface area is 115 Å². The molecule has 4 N–H and O–H groups in total. The molecule has 1 rings (SSSR count). The Morgan fingerprint density at radius 1 is 0.947 bits per heavy atom. The van der Waals surface area contributed by atoms with E-state index >= 15 is 0 Å². The van der Waals surface area contributed by atoms with Crippen LogP contribution in [0.15, 0.2) is 30.3 Å². The average Bonchev–Trinajstić information content (AvgIpc) is 2.46. The maximum absolute atomic E-state index is 8.93. The average molecular weight is 266 g/mol. The van der Waals surface area contributed by atoms with E-state index in [0.717, 1.165) is 44.5 Å². The summed E-state index contributed by atoms with van der Waals surface area (Å²) in [7, 11) is 0. The summed E-state index contributed by atoms with van der Waals surface area (Å²) in [6.45, 7) is 2.25. The molecule has 1 atom stereocenters. The van der Waals surface area contributed by atoms with Crippen LogP contribution in [0.25, 0.3) is 0 Å². The quantitative estimate of drug-likeness (QED) is 0.459. The molecule has 0 aliphatic carbocycles. The van der Waals surface area contributed by atoms with Crippen molar-refractivity contribution < 1.29 is 10.2 Å². The van der Waals surface area contributed by atoms with Gasteiger partial charge in [0.25, 0.3) is 0 Å². The molecule has 0 aromatic heterocycles. The smallest absolute Gasteiger partial charge is 0.0431 e. The highest BCUT2D eigenvalue weighted by Gasteiger charge is 2.07. The monoisotopic (exact) mass is 266 g/mol. The van der Waals surface area contributed by atoms with Crippen molar-refractivity contribution in [2.45, 2.75) is 31.7 Å². The normalized spacial score (nSPS) is 12.3. The van der Waals surface area contributed by atoms with E-state index in [1.54, 1.807) is 0 Å². The molecule has 0 aliphatic rings. The zero-order chi connectivity index (χ0) is 13.8. The number of para-hydroxylation sites is 1. The van der Waals surface area contributed by atoms with Crippen LogP contribution >= 0.6 is 0 Å². The number of hydrogen-bond acceptors (Lipinski definition) is 4. The molecule has 0 heterocycles. The van der Waals surface area contributed by atoms with Crippen LogP contribution in [0.2, 0.25) is 0 Å². The van der Waals surface area contributed by atoms with Gasteiger partial charge in [-0.2, -0.15) is 0 Å². The van der Waals surface area contributed by atoms with Crippen LogP contribution in [0.4, 0.5) is 5.69 Å². The minimum absolute atomic E-state index is 0.236. The molecule has 0 spiro atoms. The predicted octanol–water partition coefficient (Wildman–Crippen LogP) is 1.60. The summed E-state index contributed by atoms with van der Waals surface area (Å²) in [4.78, 5) is 0. The molecule has 0 fully saturated rings. The van der Waals surface area contributed by atoms with Gasteiger partial charge in [0.15, 0.2) is 0 Å². The number of rotatable bonds is 11. The van der Waals surface area contributed by atoms with E-state index in [1.807, 2.05) is 18.2 Å². The molecule has 0 saturated heterocycles. The Balaban J connectivity index is 2.27. The second kappa shape index (κ2) is 10.8. The molecule has 4 nitrogen and oxygen atoms in total. The van der Waals surface area contributed by atoms with Gasteiger partial charge in [0.1, 0.15) is 0 Å². The molecule has 1 aromatic carbocycles. The number of nitrogens with one attached hydrogen (secondary N) is 2. The van der Waals surface area contributed by atoms with Crippen molar-refractivity contribution in [3.8, 4) is 0 Å². The van der Waals surface area contributed by atoms with Crippen molar-refractivity contribution in [3.63, 3.8) is 0 Å². The van der Waals surface area contributed by atoms with E-state index in [1.165, 1.54) is 0 Å². The fourth-order valence-electron chi connectivity index (χ4n) is 1.95. The third-order valence-corrected chi connectivity index (χ3v) is 3.05. The molecule has 108 valence electrons. The van der Waals surface area contributed by atoms with E-state index in [9.17, 15) is 0 Å². The largest absolute Gasteiger partial charge is 0.396 e. The van der Waals surface area contributed by atoms with Crippen molar-refractivity contribution in [3.05, 3.63) is 30.3 Å². The molecular weight excluding hydrogens is 240 g/mol. The number of aliphatic hydroxyl groups is 2. The van der Waals surface area contributed by atoms with Crippen molar-refractivity contribution in [2.24, 2.45) is 0 Å². The zero-order valence-electron chi connectivity index (χ0n) is 11.5. The van der Waals surface area contributed by atoms with E-state index in [4.69, 9.17) is 10.2 Å². The lowest BCUT2D eigenvalue weighted by atomic mass is 10.1. The maximum Gasteiger partial charge on any atom is 0.0431 e. The zero-order valence-corrected chi connectivity index (χ0v) is 11.5. The lowest BCUT2D eigenvalue weighted by Crippen LogP contribution is -2.36. The Morgan fingerprint density at radius 2 is 1.68 bits per heavy atom. The van der Waals surface area contributed by atoms with E-state index in [2.05, 4.69) is 22.8 Å². The molecular formula is C15H26N2O2. The van der Waals surface area contributed by atoms with Crippen LogP contribution < -0.4 is 10.6 Å². The number of benzene rings is 1. The molecule has 0 radical (unpaired) electrons. The van der Waals surface area contributed by atoms with Crippen LogP contribution in [0, 0.1) is 0 Å².